The summed E-state index contributed by atoms with van der Waals surface area (Å²) in [6, 6.07) is 9.34. The molecule has 0 unspecified atom stereocenters. The molecular formula is C17H19N3O3. The van der Waals surface area contributed by atoms with Crippen LogP contribution in [0.25, 0.3) is 0 Å². The zero-order valence-electron chi connectivity index (χ0n) is 13.1. The summed E-state index contributed by atoms with van der Waals surface area (Å²) < 4.78 is 10.4. The van der Waals surface area contributed by atoms with E-state index in [1.54, 1.807) is 44.7 Å². The van der Waals surface area contributed by atoms with Crippen molar-refractivity contribution in [2.75, 3.05) is 24.9 Å². The summed E-state index contributed by atoms with van der Waals surface area (Å²) in [5.74, 6) is 0.900. The van der Waals surface area contributed by atoms with Gasteiger partial charge in [-0.15, -0.1) is 0 Å². The molecule has 1 amide bonds. The van der Waals surface area contributed by atoms with Crippen molar-refractivity contribution in [1.82, 2.24) is 4.98 Å². The second-order valence-electron chi connectivity index (χ2n) is 5.37. The largest absolute Gasteiger partial charge is 0.493 e. The first-order valence-electron chi connectivity index (χ1n) is 7.45. The maximum atomic E-state index is 12.2. The third-order valence-corrected chi connectivity index (χ3v) is 3.59. The first kappa shape index (κ1) is 15.1. The fourth-order valence-electron chi connectivity index (χ4n) is 2.19. The van der Waals surface area contributed by atoms with Crippen LogP contribution in [0.15, 0.2) is 36.5 Å². The minimum Gasteiger partial charge on any atom is -0.493 e. The van der Waals surface area contributed by atoms with Gasteiger partial charge in [0.2, 0.25) is 0 Å². The molecule has 6 heteroatoms. The Labute approximate surface area is 134 Å². The molecule has 0 aliphatic heterocycles. The second-order valence-corrected chi connectivity index (χ2v) is 5.37. The summed E-state index contributed by atoms with van der Waals surface area (Å²) in [6.45, 7) is 0. The van der Waals surface area contributed by atoms with Crippen LogP contribution in [-0.4, -0.2) is 31.2 Å². The Morgan fingerprint density at radius 2 is 1.83 bits per heavy atom. The van der Waals surface area contributed by atoms with Gasteiger partial charge in [0, 0.05) is 17.8 Å². The van der Waals surface area contributed by atoms with Crippen molar-refractivity contribution in [3.05, 3.63) is 42.2 Å². The van der Waals surface area contributed by atoms with Crippen LogP contribution in [0.4, 0.5) is 11.4 Å². The molecule has 0 radical (unpaired) electrons. The summed E-state index contributed by atoms with van der Waals surface area (Å²) in [6.07, 6.45) is 4.07. The Hall–Kier alpha value is -2.76. The molecule has 1 aromatic carbocycles. The van der Waals surface area contributed by atoms with E-state index in [-0.39, 0.29) is 5.91 Å². The quantitative estimate of drug-likeness (QED) is 0.858. The minimum atomic E-state index is -0.268. The number of aromatic nitrogens is 1. The van der Waals surface area contributed by atoms with E-state index < -0.39 is 0 Å². The highest BCUT2D eigenvalue weighted by Gasteiger charge is 2.20. The number of nitrogens with zero attached hydrogens (tertiary/aromatic N) is 1. The van der Waals surface area contributed by atoms with Crippen molar-refractivity contribution in [1.29, 1.82) is 0 Å². The van der Waals surface area contributed by atoms with E-state index in [1.165, 1.54) is 12.8 Å². The summed E-state index contributed by atoms with van der Waals surface area (Å²) in [5, 5.41) is 6.13. The van der Waals surface area contributed by atoms with Crippen molar-refractivity contribution >= 4 is 17.3 Å². The van der Waals surface area contributed by atoms with Crippen LogP contribution in [0.3, 0.4) is 0 Å². The van der Waals surface area contributed by atoms with Crippen LogP contribution in [0.5, 0.6) is 11.5 Å². The van der Waals surface area contributed by atoms with Crippen LogP contribution in [-0.2, 0) is 0 Å². The lowest BCUT2D eigenvalue weighted by atomic mass is 10.2. The van der Waals surface area contributed by atoms with E-state index >= 15 is 0 Å². The third kappa shape index (κ3) is 3.71. The number of benzene rings is 1. The van der Waals surface area contributed by atoms with Gasteiger partial charge < -0.3 is 20.1 Å². The molecule has 2 aromatic rings. The lowest BCUT2D eigenvalue weighted by molar-refractivity contribution is 0.102. The van der Waals surface area contributed by atoms with Gasteiger partial charge in [-0.25, -0.2) is 4.98 Å². The molecule has 6 nitrogen and oxygen atoms in total. The average molecular weight is 313 g/mol. The SMILES string of the molecule is COc1ccc(NC(=O)c2ccc(NC3CC3)cn2)cc1OC. The van der Waals surface area contributed by atoms with Gasteiger partial charge in [0.05, 0.1) is 26.1 Å². The van der Waals surface area contributed by atoms with E-state index in [0.29, 0.717) is 28.9 Å². The van der Waals surface area contributed by atoms with Gasteiger partial charge in [0.25, 0.3) is 5.91 Å². The van der Waals surface area contributed by atoms with Gasteiger partial charge in [-0.1, -0.05) is 0 Å². The number of hydrogen-bond donors (Lipinski definition) is 2. The van der Waals surface area contributed by atoms with E-state index in [1.807, 2.05) is 6.07 Å². The number of methoxy groups -OCH3 is 2. The van der Waals surface area contributed by atoms with E-state index in [4.69, 9.17) is 9.47 Å². The van der Waals surface area contributed by atoms with Gasteiger partial charge in [-0.2, -0.15) is 0 Å². The highest BCUT2D eigenvalue weighted by molar-refractivity contribution is 6.03. The lowest BCUT2D eigenvalue weighted by Gasteiger charge is -2.10. The molecule has 0 bridgehead atoms. The van der Waals surface area contributed by atoms with Crippen LogP contribution in [0.2, 0.25) is 0 Å². The molecule has 0 atom stereocenters. The molecular weight excluding hydrogens is 294 g/mol. The number of ether oxygens (including phenoxy) is 2. The van der Waals surface area contributed by atoms with Crippen LogP contribution < -0.4 is 20.1 Å². The minimum absolute atomic E-state index is 0.268. The molecule has 1 heterocycles. The number of nitrogens with one attached hydrogen (secondary N) is 2. The fourth-order valence-corrected chi connectivity index (χ4v) is 2.19. The molecule has 2 N–H and O–H groups in total. The zero-order chi connectivity index (χ0) is 16.2. The molecule has 1 saturated carbocycles. The number of anilines is 2. The van der Waals surface area contributed by atoms with Crippen LogP contribution in [0.1, 0.15) is 23.3 Å². The highest BCUT2D eigenvalue weighted by atomic mass is 16.5. The molecule has 120 valence electrons. The van der Waals surface area contributed by atoms with Gasteiger partial charge in [0.15, 0.2) is 11.5 Å². The molecule has 0 spiro atoms. The molecule has 0 saturated heterocycles. The van der Waals surface area contributed by atoms with E-state index in [0.717, 1.165) is 5.69 Å². The molecule has 1 aliphatic rings. The average Bonchev–Trinajstić information content (AvgIpc) is 3.39. The Morgan fingerprint density at radius 1 is 1.09 bits per heavy atom. The number of rotatable bonds is 6. The van der Waals surface area contributed by atoms with Crippen molar-refractivity contribution in [3.8, 4) is 11.5 Å². The van der Waals surface area contributed by atoms with Gasteiger partial charge in [-0.05, 0) is 37.1 Å². The van der Waals surface area contributed by atoms with E-state index in [2.05, 4.69) is 15.6 Å². The molecule has 1 aliphatic carbocycles. The van der Waals surface area contributed by atoms with Crippen molar-refractivity contribution in [3.63, 3.8) is 0 Å². The second kappa shape index (κ2) is 6.56. The summed E-state index contributed by atoms with van der Waals surface area (Å²) in [7, 11) is 3.12. The van der Waals surface area contributed by atoms with Crippen molar-refractivity contribution in [2.24, 2.45) is 0 Å². The van der Waals surface area contributed by atoms with Gasteiger partial charge in [-0.3, -0.25) is 4.79 Å². The Bertz CT molecular complexity index is 697. The summed E-state index contributed by atoms with van der Waals surface area (Å²) in [4.78, 5) is 16.4. The van der Waals surface area contributed by atoms with Gasteiger partial charge in [0.1, 0.15) is 5.69 Å². The normalized spacial score (nSPS) is 13.3. The predicted molar refractivity (Wildman–Crippen MR) is 88.4 cm³/mol. The van der Waals surface area contributed by atoms with E-state index in [9.17, 15) is 4.79 Å². The Morgan fingerprint density at radius 3 is 2.43 bits per heavy atom. The monoisotopic (exact) mass is 313 g/mol. The summed E-state index contributed by atoms with van der Waals surface area (Å²) in [5.41, 5.74) is 1.92. The number of carbonyl (C=O) groups is 1. The van der Waals surface area contributed by atoms with Crippen LogP contribution in [0, 0.1) is 0 Å². The van der Waals surface area contributed by atoms with Crippen molar-refractivity contribution in [2.45, 2.75) is 18.9 Å². The topological polar surface area (TPSA) is 72.5 Å². The van der Waals surface area contributed by atoms with Crippen LogP contribution >= 0.6 is 0 Å². The first-order valence-corrected chi connectivity index (χ1v) is 7.45. The Kier molecular flexibility index (Phi) is 4.32. The molecule has 1 fully saturated rings. The fraction of sp³-hybridized carbons (Fsp3) is 0.294. The molecule has 23 heavy (non-hydrogen) atoms. The lowest BCUT2D eigenvalue weighted by Crippen LogP contribution is -2.14. The number of amides is 1. The molecule has 3 rings (SSSR count). The predicted octanol–water partition coefficient (Wildman–Crippen LogP) is 2.93. The first-order chi connectivity index (χ1) is 11.2. The Balaban J connectivity index is 1.68. The number of carbonyl (C=O) groups excluding carboxylic acids is 1. The summed E-state index contributed by atoms with van der Waals surface area (Å²) >= 11 is 0. The smallest absolute Gasteiger partial charge is 0.274 e. The van der Waals surface area contributed by atoms with Gasteiger partial charge >= 0.3 is 0 Å². The maximum Gasteiger partial charge on any atom is 0.274 e. The zero-order valence-corrected chi connectivity index (χ0v) is 13.1. The van der Waals surface area contributed by atoms with Crippen molar-refractivity contribution < 1.29 is 14.3 Å². The molecule has 1 aromatic heterocycles. The number of hydrogen-bond acceptors (Lipinski definition) is 5. The highest BCUT2D eigenvalue weighted by Crippen LogP contribution is 2.30. The third-order valence-electron chi connectivity index (χ3n) is 3.59. The standard InChI is InChI=1S/C17H19N3O3/c1-22-15-8-6-12(9-16(15)23-2)20-17(21)14-7-5-13(10-18-14)19-11-3-4-11/h5-11,19H,3-4H2,1-2H3,(H,20,21). The maximum absolute atomic E-state index is 12.2. The number of pyridine rings is 1.